The molecule has 1 fully saturated rings. The molecule has 13 heavy (non-hydrogen) atoms. The zero-order valence-corrected chi connectivity index (χ0v) is 9.13. The minimum Gasteiger partial charge on any atom is -0.396 e. The van der Waals surface area contributed by atoms with Crippen LogP contribution in [-0.4, -0.2) is 11.7 Å². The van der Waals surface area contributed by atoms with Crippen LogP contribution >= 0.6 is 0 Å². The molecule has 1 heteroatoms. The third-order valence-corrected chi connectivity index (χ3v) is 3.40. The molecule has 0 bridgehead atoms. The van der Waals surface area contributed by atoms with Crippen molar-refractivity contribution >= 4 is 0 Å². The van der Waals surface area contributed by atoms with Crippen molar-refractivity contribution in [3.05, 3.63) is 0 Å². The van der Waals surface area contributed by atoms with Crippen molar-refractivity contribution in [2.75, 3.05) is 6.61 Å². The zero-order valence-electron chi connectivity index (χ0n) is 9.13. The van der Waals surface area contributed by atoms with Gasteiger partial charge in [-0.3, -0.25) is 0 Å². The summed E-state index contributed by atoms with van der Waals surface area (Å²) in [5.41, 5.74) is 0. The van der Waals surface area contributed by atoms with Gasteiger partial charge in [-0.05, 0) is 30.6 Å². The maximum atomic E-state index is 8.84. The van der Waals surface area contributed by atoms with Crippen LogP contribution in [0.4, 0.5) is 0 Å². The van der Waals surface area contributed by atoms with Crippen LogP contribution in [0.2, 0.25) is 0 Å². The fourth-order valence-corrected chi connectivity index (χ4v) is 2.66. The lowest BCUT2D eigenvalue weighted by atomic mass is 9.92. The van der Waals surface area contributed by atoms with Gasteiger partial charge in [-0.15, -0.1) is 0 Å². The molecule has 78 valence electrons. The first-order valence-electron chi connectivity index (χ1n) is 5.94. The smallest absolute Gasteiger partial charge is 0.0433 e. The van der Waals surface area contributed by atoms with Crippen molar-refractivity contribution in [2.45, 2.75) is 52.4 Å². The standard InChI is InChI=1S/C12H24O/c1-3-5-10(6-4-2)12-9-11(12)7-8-13/h10-13H,3-9H2,1-2H3/t11-,12-/m1/s1. The maximum Gasteiger partial charge on any atom is 0.0433 e. The van der Waals surface area contributed by atoms with Gasteiger partial charge in [0.25, 0.3) is 0 Å². The molecule has 1 saturated carbocycles. The van der Waals surface area contributed by atoms with Crippen LogP contribution in [0.1, 0.15) is 52.4 Å². The number of hydrogen-bond donors (Lipinski definition) is 1. The summed E-state index contributed by atoms with van der Waals surface area (Å²) in [7, 11) is 0. The Morgan fingerprint density at radius 1 is 1.23 bits per heavy atom. The molecule has 0 amide bonds. The summed E-state index contributed by atoms with van der Waals surface area (Å²) in [4.78, 5) is 0. The highest BCUT2D eigenvalue weighted by molar-refractivity contribution is 4.90. The topological polar surface area (TPSA) is 20.2 Å². The Morgan fingerprint density at radius 2 is 1.85 bits per heavy atom. The highest BCUT2D eigenvalue weighted by Crippen LogP contribution is 2.49. The second kappa shape index (κ2) is 5.64. The van der Waals surface area contributed by atoms with Crippen LogP contribution in [0, 0.1) is 17.8 Å². The molecule has 2 atom stereocenters. The quantitative estimate of drug-likeness (QED) is 0.644. The summed E-state index contributed by atoms with van der Waals surface area (Å²) in [6.45, 7) is 4.96. The molecule has 1 rings (SSSR count). The van der Waals surface area contributed by atoms with E-state index in [0.29, 0.717) is 6.61 Å². The van der Waals surface area contributed by atoms with E-state index < -0.39 is 0 Å². The zero-order chi connectivity index (χ0) is 9.68. The lowest BCUT2D eigenvalue weighted by molar-refractivity contribution is 0.268. The first-order valence-corrected chi connectivity index (χ1v) is 5.94. The molecular weight excluding hydrogens is 160 g/mol. The van der Waals surface area contributed by atoms with E-state index in [1.54, 1.807) is 0 Å². The first-order chi connectivity index (χ1) is 6.33. The van der Waals surface area contributed by atoms with Crippen molar-refractivity contribution in [2.24, 2.45) is 17.8 Å². The minimum absolute atomic E-state index is 0.395. The highest BCUT2D eigenvalue weighted by Gasteiger charge is 2.40. The molecule has 0 aromatic carbocycles. The molecule has 0 heterocycles. The Hall–Kier alpha value is -0.0400. The monoisotopic (exact) mass is 184 g/mol. The Morgan fingerprint density at radius 3 is 2.31 bits per heavy atom. The van der Waals surface area contributed by atoms with E-state index in [2.05, 4.69) is 13.8 Å². The van der Waals surface area contributed by atoms with Crippen molar-refractivity contribution in [1.29, 1.82) is 0 Å². The van der Waals surface area contributed by atoms with Crippen molar-refractivity contribution in [1.82, 2.24) is 0 Å². The summed E-state index contributed by atoms with van der Waals surface area (Å²) in [5.74, 6) is 2.80. The number of hydrogen-bond acceptors (Lipinski definition) is 1. The Balaban J connectivity index is 2.22. The lowest BCUT2D eigenvalue weighted by Crippen LogP contribution is -2.04. The lowest BCUT2D eigenvalue weighted by Gasteiger charge is -2.14. The highest BCUT2D eigenvalue weighted by atomic mass is 16.3. The van der Waals surface area contributed by atoms with E-state index in [1.165, 1.54) is 32.1 Å². The third kappa shape index (κ3) is 3.30. The van der Waals surface area contributed by atoms with Crippen LogP contribution in [0.5, 0.6) is 0 Å². The van der Waals surface area contributed by atoms with Crippen LogP contribution in [0.15, 0.2) is 0 Å². The Labute approximate surface area is 82.5 Å². The molecule has 0 aliphatic heterocycles. The van der Waals surface area contributed by atoms with Gasteiger partial charge in [0, 0.05) is 6.61 Å². The predicted molar refractivity (Wildman–Crippen MR) is 56.6 cm³/mol. The number of aliphatic hydroxyl groups excluding tert-OH is 1. The largest absolute Gasteiger partial charge is 0.396 e. The molecule has 0 unspecified atom stereocenters. The van der Waals surface area contributed by atoms with Gasteiger partial charge >= 0.3 is 0 Å². The van der Waals surface area contributed by atoms with Gasteiger partial charge < -0.3 is 5.11 Å². The molecule has 0 radical (unpaired) electrons. The van der Waals surface area contributed by atoms with E-state index in [9.17, 15) is 0 Å². The summed E-state index contributed by atoms with van der Waals surface area (Å²) in [5, 5.41) is 8.84. The van der Waals surface area contributed by atoms with Crippen LogP contribution in [-0.2, 0) is 0 Å². The minimum atomic E-state index is 0.395. The van der Waals surface area contributed by atoms with E-state index >= 15 is 0 Å². The van der Waals surface area contributed by atoms with Gasteiger partial charge in [0.15, 0.2) is 0 Å². The van der Waals surface area contributed by atoms with Crippen molar-refractivity contribution in [3.8, 4) is 0 Å². The Kier molecular flexibility index (Phi) is 4.79. The third-order valence-electron chi connectivity index (χ3n) is 3.40. The molecule has 1 N–H and O–H groups in total. The fourth-order valence-electron chi connectivity index (χ4n) is 2.66. The molecule has 0 aromatic rings. The molecule has 0 aromatic heterocycles. The van der Waals surface area contributed by atoms with Gasteiger partial charge in [-0.2, -0.15) is 0 Å². The van der Waals surface area contributed by atoms with Gasteiger partial charge in [0.2, 0.25) is 0 Å². The van der Waals surface area contributed by atoms with Crippen LogP contribution in [0.3, 0.4) is 0 Å². The predicted octanol–water partition coefficient (Wildman–Crippen LogP) is 3.22. The van der Waals surface area contributed by atoms with Gasteiger partial charge in [-0.25, -0.2) is 0 Å². The SMILES string of the molecule is CCCC(CCC)[C@H]1C[C@H]1CCO. The number of aliphatic hydroxyl groups is 1. The number of rotatable bonds is 7. The average molecular weight is 184 g/mol. The maximum absolute atomic E-state index is 8.84. The average Bonchev–Trinajstić information content (AvgIpc) is 2.84. The Bertz CT molecular complexity index is 127. The van der Waals surface area contributed by atoms with E-state index in [1.807, 2.05) is 0 Å². The van der Waals surface area contributed by atoms with Gasteiger partial charge in [0.05, 0.1) is 0 Å². The van der Waals surface area contributed by atoms with Crippen molar-refractivity contribution < 1.29 is 5.11 Å². The molecule has 0 spiro atoms. The normalized spacial score (nSPS) is 26.8. The van der Waals surface area contributed by atoms with Gasteiger partial charge in [-0.1, -0.05) is 39.5 Å². The van der Waals surface area contributed by atoms with E-state index in [0.717, 1.165) is 24.2 Å². The molecule has 1 nitrogen and oxygen atoms in total. The molecule has 0 saturated heterocycles. The summed E-state index contributed by atoms with van der Waals surface area (Å²) >= 11 is 0. The fraction of sp³-hybridized carbons (Fsp3) is 1.00. The van der Waals surface area contributed by atoms with E-state index in [-0.39, 0.29) is 0 Å². The van der Waals surface area contributed by atoms with Crippen LogP contribution < -0.4 is 0 Å². The second-order valence-corrected chi connectivity index (χ2v) is 4.51. The summed E-state index contributed by atoms with van der Waals surface area (Å²) in [6, 6.07) is 0. The van der Waals surface area contributed by atoms with Gasteiger partial charge in [0.1, 0.15) is 0 Å². The summed E-state index contributed by atoms with van der Waals surface area (Å²) in [6.07, 6.45) is 7.90. The summed E-state index contributed by atoms with van der Waals surface area (Å²) < 4.78 is 0. The molecule has 1 aliphatic rings. The second-order valence-electron chi connectivity index (χ2n) is 4.51. The van der Waals surface area contributed by atoms with Crippen LogP contribution in [0.25, 0.3) is 0 Å². The first kappa shape index (κ1) is 11.0. The molecular formula is C12H24O. The molecule has 1 aliphatic carbocycles. The van der Waals surface area contributed by atoms with E-state index in [4.69, 9.17) is 5.11 Å². The van der Waals surface area contributed by atoms with Crippen molar-refractivity contribution in [3.63, 3.8) is 0 Å².